The van der Waals surface area contributed by atoms with Gasteiger partial charge in [-0.05, 0) is 56.3 Å². The van der Waals surface area contributed by atoms with Crippen molar-refractivity contribution in [2.45, 2.75) is 20.8 Å². The lowest BCUT2D eigenvalue weighted by atomic mass is 10.2. The molecule has 7 nitrogen and oxygen atoms in total. The number of carbonyl (C=O) groups is 3. The smallest absolute Gasteiger partial charge is 0.294 e. The van der Waals surface area contributed by atoms with Gasteiger partial charge in [0, 0.05) is 13.1 Å². The van der Waals surface area contributed by atoms with Crippen molar-refractivity contribution in [1.29, 1.82) is 0 Å². The van der Waals surface area contributed by atoms with Gasteiger partial charge in [-0.25, -0.2) is 0 Å². The molecule has 1 aliphatic heterocycles. The van der Waals surface area contributed by atoms with E-state index in [9.17, 15) is 14.4 Å². The lowest BCUT2D eigenvalue weighted by Gasteiger charge is -2.21. The second-order valence-electron chi connectivity index (χ2n) is 6.07. The number of likely N-dealkylation sites (N-methyl/N-ethyl adjacent to an activating group) is 1. The number of imide groups is 1. The summed E-state index contributed by atoms with van der Waals surface area (Å²) in [6.07, 6.45) is 3.26. The van der Waals surface area contributed by atoms with Crippen LogP contribution in [-0.2, 0) is 9.59 Å². The molecule has 0 bridgehead atoms. The van der Waals surface area contributed by atoms with Gasteiger partial charge in [-0.1, -0.05) is 18.7 Å². The highest BCUT2D eigenvalue weighted by atomic mass is 32.2. The lowest BCUT2D eigenvalue weighted by Crippen LogP contribution is -2.41. The van der Waals surface area contributed by atoms with Gasteiger partial charge in [-0.2, -0.15) is 0 Å². The summed E-state index contributed by atoms with van der Waals surface area (Å²) in [5.74, 6) is 0.396. The van der Waals surface area contributed by atoms with E-state index in [1.165, 1.54) is 0 Å². The molecule has 0 spiro atoms. The molecule has 0 unspecified atom stereocenters. The first-order valence-electron chi connectivity index (χ1n) is 9.48. The molecular formula is C21H26N2O5S. The molecule has 1 fully saturated rings. The molecule has 3 amide bonds. The Kier molecular flexibility index (Phi) is 8.33. The van der Waals surface area contributed by atoms with E-state index in [4.69, 9.17) is 9.47 Å². The topological polar surface area (TPSA) is 76.2 Å². The van der Waals surface area contributed by atoms with Crippen molar-refractivity contribution in [3.63, 3.8) is 0 Å². The molecule has 0 aliphatic carbocycles. The highest BCUT2D eigenvalue weighted by molar-refractivity contribution is 8.18. The van der Waals surface area contributed by atoms with Crippen LogP contribution in [0.15, 0.2) is 35.8 Å². The number of amides is 3. The van der Waals surface area contributed by atoms with Crippen molar-refractivity contribution in [2.24, 2.45) is 0 Å². The van der Waals surface area contributed by atoms with E-state index in [0.29, 0.717) is 43.4 Å². The van der Waals surface area contributed by atoms with E-state index in [1.54, 1.807) is 35.3 Å². The van der Waals surface area contributed by atoms with Gasteiger partial charge < -0.3 is 14.4 Å². The maximum absolute atomic E-state index is 12.7. The Labute approximate surface area is 175 Å². The number of hydrogen-bond acceptors (Lipinski definition) is 6. The Bertz CT molecular complexity index is 817. The normalized spacial score (nSPS) is 15.0. The molecule has 29 heavy (non-hydrogen) atoms. The molecule has 0 N–H and O–H groups in total. The van der Waals surface area contributed by atoms with Crippen LogP contribution in [0.2, 0.25) is 0 Å². The van der Waals surface area contributed by atoms with E-state index < -0.39 is 11.1 Å². The number of hydrogen-bond donors (Lipinski definition) is 0. The monoisotopic (exact) mass is 418 g/mol. The van der Waals surface area contributed by atoms with Crippen LogP contribution in [0.3, 0.4) is 0 Å². The summed E-state index contributed by atoms with van der Waals surface area (Å²) in [6, 6.07) is 5.27. The van der Waals surface area contributed by atoms with Crippen LogP contribution >= 0.6 is 11.8 Å². The second kappa shape index (κ2) is 10.7. The van der Waals surface area contributed by atoms with Crippen molar-refractivity contribution in [3.05, 3.63) is 41.3 Å². The average Bonchev–Trinajstić information content (AvgIpc) is 2.96. The fourth-order valence-corrected chi connectivity index (χ4v) is 3.59. The molecule has 0 atom stereocenters. The zero-order valence-corrected chi connectivity index (χ0v) is 17.8. The summed E-state index contributed by atoms with van der Waals surface area (Å²) in [7, 11) is 0. The number of nitrogens with zero attached hydrogens (tertiary/aromatic N) is 2. The highest BCUT2D eigenvalue weighted by Crippen LogP contribution is 2.34. The van der Waals surface area contributed by atoms with Crippen molar-refractivity contribution in [3.8, 4) is 11.5 Å². The first-order valence-corrected chi connectivity index (χ1v) is 10.3. The van der Waals surface area contributed by atoms with E-state index in [2.05, 4.69) is 6.58 Å². The molecular weight excluding hydrogens is 392 g/mol. The molecule has 1 aromatic carbocycles. The van der Waals surface area contributed by atoms with Crippen LogP contribution < -0.4 is 9.47 Å². The SMILES string of the molecule is C=CCOc1ccc(/C=C2\SC(=O)N(CC(=O)N(CC)CC)C2=O)cc1OCC. The fourth-order valence-electron chi connectivity index (χ4n) is 2.75. The predicted molar refractivity (Wildman–Crippen MR) is 114 cm³/mol. The zero-order chi connectivity index (χ0) is 21.4. The summed E-state index contributed by atoms with van der Waals surface area (Å²) >= 11 is 0.825. The second-order valence-corrected chi connectivity index (χ2v) is 7.07. The quantitative estimate of drug-likeness (QED) is 0.427. The molecule has 156 valence electrons. The molecule has 0 aromatic heterocycles. The fraction of sp³-hybridized carbons (Fsp3) is 0.381. The van der Waals surface area contributed by atoms with Crippen LogP contribution in [0.4, 0.5) is 4.79 Å². The largest absolute Gasteiger partial charge is 0.490 e. The van der Waals surface area contributed by atoms with Gasteiger partial charge in [0.15, 0.2) is 11.5 Å². The predicted octanol–water partition coefficient (Wildman–Crippen LogP) is 3.55. The molecule has 1 aliphatic rings. The van der Waals surface area contributed by atoms with Crippen LogP contribution in [0.25, 0.3) is 6.08 Å². The highest BCUT2D eigenvalue weighted by Gasteiger charge is 2.36. The third-order valence-electron chi connectivity index (χ3n) is 4.21. The van der Waals surface area contributed by atoms with Gasteiger partial charge in [0.25, 0.3) is 11.1 Å². The van der Waals surface area contributed by atoms with Gasteiger partial charge in [-0.3, -0.25) is 19.3 Å². The first-order chi connectivity index (χ1) is 13.9. The van der Waals surface area contributed by atoms with Gasteiger partial charge in [0.2, 0.25) is 5.91 Å². The van der Waals surface area contributed by atoms with E-state index in [-0.39, 0.29) is 17.4 Å². The maximum atomic E-state index is 12.7. The zero-order valence-electron chi connectivity index (χ0n) is 17.0. The van der Waals surface area contributed by atoms with Crippen LogP contribution in [0, 0.1) is 0 Å². The Balaban J connectivity index is 2.20. The number of ether oxygens (including phenoxy) is 2. The molecule has 1 aromatic rings. The van der Waals surface area contributed by atoms with Crippen LogP contribution in [-0.4, -0.2) is 59.7 Å². The van der Waals surface area contributed by atoms with Gasteiger partial charge in [-0.15, -0.1) is 0 Å². The third-order valence-corrected chi connectivity index (χ3v) is 5.11. The molecule has 8 heteroatoms. The summed E-state index contributed by atoms with van der Waals surface area (Å²) in [4.78, 5) is 40.0. The van der Waals surface area contributed by atoms with Gasteiger partial charge >= 0.3 is 0 Å². The number of thioether (sulfide) groups is 1. The molecule has 0 radical (unpaired) electrons. The number of carbonyl (C=O) groups excluding carboxylic acids is 3. The standard InChI is InChI=1S/C21H26N2O5S/c1-5-11-28-16-10-9-15(12-17(16)27-8-4)13-18-20(25)23(21(26)29-18)14-19(24)22(6-2)7-3/h5,9-10,12-13H,1,6-8,11,14H2,2-4H3/b18-13-. The summed E-state index contributed by atoms with van der Waals surface area (Å²) < 4.78 is 11.2. The van der Waals surface area contributed by atoms with E-state index in [0.717, 1.165) is 16.7 Å². The minimum absolute atomic E-state index is 0.248. The minimum atomic E-state index is -0.467. The Morgan fingerprint density at radius 2 is 1.90 bits per heavy atom. The molecule has 2 rings (SSSR count). The summed E-state index contributed by atoms with van der Waals surface area (Å²) in [5.41, 5.74) is 0.694. The molecule has 0 saturated carbocycles. The molecule has 1 heterocycles. The van der Waals surface area contributed by atoms with Crippen molar-refractivity contribution in [2.75, 3.05) is 32.8 Å². The number of benzene rings is 1. The van der Waals surface area contributed by atoms with Gasteiger partial charge in [0.05, 0.1) is 11.5 Å². The first kappa shape index (κ1) is 22.5. The van der Waals surface area contributed by atoms with Gasteiger partial charge in [0.1, 0.15) is 13.2 Å². The summed E-state index contributed by atoms with van der Waals surface area (Å²) in [6.45, 7) is 10.8. The Morgan fingerprint density at radius 1 is 1.17 bits per heavy atom. The van der Waals surface area contributed by atoms with Crippen molar-refractivity contribution in [1.82, 2.24) is 9.80 Å². The Morgan fingerprint density at radius 3 is 2.52 bits per heavy atom. The Hall–Kier alpha value is -2.74. The summed E-state index contributed by atoms with van der Waals surface area (Å²) in [5, 5.41) is -0.447. The minimum Gasteiger partial charge on any atom is -0.490 e. The van der Waals surface area contributed by atoms with Crippen LogP contribution in [0.5, 0.6) is 11.5 Å². The van der Waals surface area contributed by atoms with E-state index in [1.807, 2.05) is 20.8 Å². The van der Waals surface area contributed by atoms with Crippen molar-refractivity contribution >= 4 is 34.9 Å². The lowest BCUT2D eigenvalue weighted by molar-refractivity contribution is -0.135. The van der Waals surface area contributed by atoms with E-state index >= 15 is 0 Å². The molecule has 1 saturated heterocycles. The third kappa shape index (κ3) is 5.63. The maximum Gasteiger partial charge on any atom is 0.294 e. The average molecular weight is 419 g/mol. The van der Waals surface area contributed by atoms with Crippen LogP contribution in [0.1, 0.15) is 26.3 Å². The van der Waals surface area contributed by atoms with Crippen molar-refractivity contribution < 1.29 is 23.9 Å². The number of rotatable bonds is 10.